The second kappa shape index (κ2) is 2.72. The van der Waals surface area contributed by atoms with Gasteiger partial charge in [0.15, 0.2) is 0 Å². The molecule has 8 heavy (non-hydrogen) atoms. The first kappa shape index (κ1) is 6.41. The van der Waals surface area contributed by atoms with E-state index in [9.17, 15) is 0 Å². The minimum Gasteiger partial charge on any atom is -0.127 e. The zero-order valence-corrected chi connectivity index (χ0v) is 6.12. The smallest absolute Gasteiger partial charge is 0.0223 e. The molecule has 1 saturated carbocycles. The van der Waals surface area contributed by atoms with Crippen molar-refractivity contribution in [2.24, 2.45) is 11.8 Å². The molecule has 1 rings (SSSR count). The lowest BCUT2D eigenvalue weighted by atomic mass is 10.2. The van der Waals surface area contributed by atoms with Gasteiger partial charge in [0.2, 0.25) is 0 Å². The van der Waals surface area contributed by atoms with Crippen LogP contribution in [0.3, 0.4) is 0 Å². The number of halogens is 1. The van der Waals surface area contributed by atoms with Crippen LogP contribution in [-0.2, 0) is 0 Å². The Morgan fingerprint density at radius 3 is 2.62 bits per heavy atom. The van der Waals surface area contributed by atoms with E-state index < -0.39 is 0 Å². The Balaban J connectivity index is 1.89. The summed E-state index contributed by atoms with van der Waals surface area (Å²) >= 11 is 5.52. The summed E-state index contributed by atoms with van der Waals surface area (Å²) in [5.41, 5.74) is 0. The third kappa shape index (κ3) is 1.66. The van der Waals surface area contributed by atoms with Gasteiger partial charge in [-0.15, -0.1) is 11.6 Å². The molecule has 0 nitrogen and oxygen atoms in total. The van der Waals surface area contributed by atoms with Crippen LogP contribution in [-0.4, -0.2) is 5.88 Å². The molecule has 0 bridgehead atoms. The topological polar surface area (TPSA) is 0 Å². The van der Waals surface area contributed by atoms with Crippen LogP contribution in [0.1, 0.15) is 26.2 Å². The predicted octanol–water partition coefficient (Wildman–Crippen LogP) is 2.66. The van der Waals surface area contributed by atoms with Crippen LogP contribution in [0, 0.1) is 11.8 Å². The molecule has 1 aliphatic carbocycles. The maximum absolute atomic E-state index is 5.52. The summed E-state index contributed by atoms with van der Waals surface area (Å²) in [5, 5.41) is 0. The van der Waals surface area contributed by atoms with Gasteiger partial charge < -0.3 is 0 Å². The number of hydrogen-bond donors (Lipinski definition) is 0. The number of rotatable bonds is 3. The highest BCUT2D eigenvalue weighted by molar-refractivity contribution is 6.17. The largest absolute Gasteiger partial charge is 0.127 e. The lowest BCUT2D eigenvalue weighted by Crippen LogP contribution is -1.79. The molecule has 0 aromatic heterocycles. The fourth-order valence-corrected chi connectivity index (χ4v) is 1.29. The molecule has 1 aliphatic rings. The maximum Gasteiger partial charge on any atom is 0.0223 e. The fraction of sp³-hybridized carbons (Fsp3) is 1.00. The molecule has 0 aromatic carbocycles. The average Bonchev–Trinajstić information content (AvgIpc) is 2.42. The van der Waals surface area contributed by atoms with Gasteiger partial charge in [0.1, 0.15) is 0 Å². The quantitative estimate of drug-likeness (QED) is 0.518. The summed E-state index contributed by atoms with van der Waals surface area (Å²) < 4.78 is 0. The van der Waals surface area contributed by atoms with Gasteiger partial charge in [-0.2, -0.15) is 0 Å². The van der Waals surface area contributed by atoms with Crippen LogP contribution in [0.15, 0.2) is 0 Å². The molecule has 1 fully saturated rings. The molecule has 0 spiro atoms. The maximum atomic E-state index is 5.52. The van der Waals surface area contributed by atoms with Crippen molar-refractivity contribution in [1.29, 1.82) is 0 Å². The van der Waals surface area contributed by atoms with Crippen molar-refractivity contribution in [3.8, 4) is 0 Å². The van der Waals surface area contributed by atoms with Crippen molar-refractivity contribution in [1.82, 2.24) is 0 Å². The van der Waals surface area contributed by atoms with Crippen molar-refractivity contribution in [3.63, 3.8) is 0 Å². The molecular formula is C7H13Cl. The zero-order valence-electron chi connectivity index (χ0n) is 5.36. The van der Waals surface area contributed by atoms with Crippen LogP contribution >= 0.6 is 11.6 Å². The van der Waals surface area contributed by atoms with E-state index in [2.05, 4.69) is 6.92 Å². The second-order valence-corrected chi connectivity index (χ2v) is 3.18. The van der Waals surface area contributed by atoms with E-state index in [0.29, 0.717) is 0 Å². The van der Waals surface area contributed by atoms with Crippen molar-refractivity contribution in [2.45, 2.75) is 26.2 Å². The molecule has 0 amide bonds. The van der Waals surface area contributed by atoms with Gasteiger partial charge in [0.05, 0.1) is 0 Å². The molecule has 2 atom stereocenters. The summed E-state index contributed by atoms with van der Waals surface area (Å²) in [4.78, 5) is 0. The first-order valence-corrected chi connectivity index (χ1v) is 3.94. The number of hydrogen-bond acceptors (Lipinski definition) is 0. The first-order chi connectivity index (χ1) is 3.84. The standard InChI is InChI=1S/C7H13Cl/c1-6-5-7(6)3-2-4-8/h6-7H,2-5H2,1H3/t6-,7+/m0/s1. The minimum atomic E-state index is 0.850. The monoisotopic (exact) mass is 132 g/mol. The highest BCUT2D eigenvalue weighted by Gasteiger charge is 2.30. The van der Waals surface area contributed by atoms with Gasteiger partial charge in [-0.3, -0.25) is 0 Å². The molecule has 0 unspecified atom stereocenters. The van der Waals surface area contributed by atoms with Crippen LogP contribution in [0.4, 0.5) is 0 Å². The summed E-state index contributed by atoms with van der Waals surface area (Å²) in [6.45, 7) is 2.32. The van der Waals surface area contributed by atoms with Crippen LogP contribution in [0.2, 0.25) is 0 Å². The van der Waals surface area contributed by atoms with Gasteiger partial charge in [-0.1, -0.05) is 6.92 Å². The highest BCUT2D eigenvalue weighted by atomic mass is 35.5. The fourth-order valence-electron chi connectivity index (χ4n) is 1.14. The van der Waals surface area contributed by atoms with Crippen molar-refractivity contribution in [2.75, 3.05) is 5.88 Å². The number of alkyl halides is 1. The summed E-state index contributed by atoms with van der Waals surface area (Å²) in [7, 11) is 0. The van der Waals surface area contributed by atoms with Crippen LogP contribution in [0.25, 0.3) is 0 Å². The Labute approximate surface area is 56.2 Å². The SMILES string of the molecule is C[C@H]1C[C@H]1CCCCl. The molecule has 0 N–H and O–H groups in total. The van der Waals surface area contributed by atoms with Gasteiger partial charge in [-0.05, 0) is 31.1 Å². The molecule has 0 heterocycles. The van der Waals surface area contributed by atoms with Crippen molar-refractivity contribution in [3.05, 3.63) is 0 Å². The van der Waals surface area contributed by atoms with Gasteiger partial charge in [0, 0.05) is 5.88 Å². The molecule has 48 valence electrons. The lowest BCUT2D eigenvalue weighted by Gasteiger charge is -1.90. The Morgan fingerprint density at radius 2 is 2.25 bits per heavy atom. The lowest BCUT2D eigenvalue weighted by molar-refractivity contribution is 0.662. The highest BCUT2D eigenvalue weighted by Crippen LogP contribution is 2.41. The van der Waals surface area contributed by atoms with E-state index in [-0.39, 0.29) is 0 Å². The summed E-state index contributed by atoms with van der Waals surface area (Å²) in [6.07, 6.45) is 4.04. The minimum absolute atomic E-state index is 0.850. The van der Waals surface area contributed by atoms with E-state index in [4.69, 9.17) is 11.6 Å². The van der Waals surface area contributed by atoms with E-state index >= 15 is 0 Å². The molecular weight excluding hydrogens is 120 g/mol. The van der Waals surface area contributed by atoms with E-state index in [1.807, 2.05) is 0 Å². The van der Waals surface area contributed by atoms with Crippen molar-refractivity contribution < 1.29 is 0 Å². The van der Waals surface area contributed by atoms with Crippen LogP contribution < -0.4 is 0 Å². The zero-order chi connectivity index (χ0) is 5.98. The first-order valence-electron chi connectivity index (χ1n) is 3.40. The Kier molecular flexibility index (Phi) is 2.18. The molecule has 0 aliphatic heterocycles. The summed E-state index contributed by atoms with van der Waals surface area (Å²) in [5.74, 6) is 2.90. The third-order valence-electron chi connectivity index (χ3n) is 1.98. The predicted molar refractivity (Wildman–Crippen MR) is 37.2 cm³/mol. The van der Waals surface area contributed by atoms with E-state index in [0.717, 1.165) is 17.7 Å². The Hall–Kier alpha value is 0.290. The van der Waals surface area contributed by atoms with Crippen molar-refractivity contribution >= 4 is 11.6 Å². The molecule has 0 saturated heterocycles. The average molecular weight is 133 g/mol. The Bertz CT molecular complexity index is 70.8. The molecule has 1 heteroatoms. The normalized spacial score (nSPS) is 35.2. The Morgan fingerprint density at radius 1 is 1.62 bits per heavy atom. The van der Waals surface area contributed by atoms with E-state index in [1.165, 1.54) is 19.3 Å². The molecule has 0 radical (unpaired) electrons. The molecule has 0 aromatic rings. The third-order valence-corrected chi connectivity index (χ3v) is 2.25. The van der Waals surface area contributed by atoms with Gasteiger partial charge in [0.25, 0.3) is 0 Å². The van der Waals surface area contributed by atoms with Gasteiger partial charge in [-0.25, -0.2) is 0 Å². The summed E-state index contributed by atoms with van der Waals surface area (Å²) in [6, 6.07) is 0. The van der Waals surface area contributed by atoms with Crippen LogP contribution in [0.5, 0.6) is 0 Å². The van der Waals surface area contributed by atoms with Gasteiger partial charge >= 0.3 is 0 Å². The second-order valence-electron chi connectivity index (χ2n) is 2.80. The van der Waals surface area contributed by atoms with E-state index in [1.54, 1.807) is 0 Å².